The largest absolute Gasteiger partial charge is 0.481 e. The molecular weight excluding hydrogens is 572 g/mol. The molecule has 0 rings (SSSR count). The van der Waals surface area contributed by atoms with Gasteiger partial charge in [0.15, 0.2) is 0 Å². The van der Waals surface area contributed by atoms with Gasteiger partial charge in [-0.15, -0.1) is 0 Å². The van der Waals surface area contributed by atoms with Gasteiger partial charge in [-0.3, -0.25) is 44.8 Å². The highest BCUT2D eigenvalue weighted by Gasteiger charge is 2.29. The highest BCUT2D eigenvalue weighted by molar-refractivity contribution is 5.64. The molecule has 0 aromatic rings. The summed E-state index contributed by atoms with van der Waals surface area (Å²) in [5.41, 5.74) is 2.06. The van der Waals surface area contributed by atoms with Crippen LogP contribution in [0.2, 0.25) is 0 Å². The van der Waals surface area contributed by atoms with E-state index in [0.717, 1.165) is 48.5 Å². The predicted molar refractivity (Wildman–Crippen MR) is 136 cm³/mol. The fourth-order valence-electron chi connectivity index (χ4n) is 0.833. The maximum absolute atomic E-state index is 9.26. The maximum atomic E-state index is 9.26. The van der Waals surface area contributed by atoms with Gasteiger partial charge in [-0.25, -0.2) is 0 Å². The fourth-order valence-corrected chi connectivity index (χ4v) is 0.833. The molecule has 0 aliphatic carbocycles. The van der Waals surface area contributed by atoms with Crippen molar-refractivity contribution in [3.63, 3.8) is 0 Å². The monoisotopic (exact) mass is 616 g/mol. The summed E-state index contributed by atoms with van der Waals surface area (Å²) in [5.74, 6) is -0.895. The molecule has 0 spiro atoms. The molecule has 0 aliphatic heterocycles. The zero-order valence-electron chi connectivity index (χ0n) is 23.5. The van der Waals surface area contributed by atoms with Crippen molar-refractivity contribution in [1.82, 2.24) is 5.43 Å². The number of aliphatic hydroxyl groups is 5. The van der Waals surface area contributed by atoms with Crippen LogP contribution in [0.5, 0.6) is 0 Å². The lowest BCUT2D eigenvalue weighted by Gasteiger charge is -2.26. The molecule has 15 N–H and O–H groups in total. The molecule has 0 radical (unpaired) electrons. The van der Waals surface area contributed by atoms with Gasteiger partial charge in [-0.05, 0) is 0 Å². The lowest BCUT2D eigenvalue weighted by atomic mass is 10.0. The molecule has 21 heteroatoms. The van der Waals surface area contributed by atoms with E-state index in [0.29, 0.717) is 0 Å². The van der Waals surface area contributed by atoms with E-state index in [1.165, 1.54) is 0 Å². The number of nitrogens with one attached hydrogen (secondary N) is 1. The molecule has 0 aliphatic rings. The number of carboxylic acids is 7. The van der Waals surface area contributed by atoms with Crippen molar-refractivity contribution >= 4 is 41.8 Å². The Balaban J connectivity index is -0.0000000548. The van der Waals surface area contributed by atoms with E-state index in [1.807, 2.05) is 0 Å². The molecule has 0 unspecified atom stereocenters. The second kappa shape index (κ2) is 43.1. The third kappa shape index (κ3) is 212. The molecule has 0 saturated heterocycles. The number of hydrogen-bond donors (Lipinski definition) is 14. The van der Waals surface area contributed by atoms with Crippen LogP contribution in [0, 0.1) is 0 Å². The van der Waals surface area contributed by atoms with Gasteiger partial charge in [0, 0.05) is 48.5 Å². The lowest BCUT2D eigenvalue weighted by molar-refractivity contribution is -0.135. The van der Waals surface area contributed by atoms with Crippen LogP contribution in [-0.4, -0.2) is 141 Å². The van der Waals surface area contributed by atoms with Gasteiger partial charge < -0.3 is 61.3 Å². The summed E-state index contributed by atoms with van der Waals surface area (Å²) in [5, 5.41) is 96.3. The maximum Gasteiger partial charge on any atom is 0.300 e. The third-order valence-corrected chi connectivity index (χ3v) is 1.75. The topological polar surface area (TPSA) is 400 Å². The van der Waals surface area contributed by atoms with Gasteiger partial charge in [0.25, 0.3) is 41.8 Å². The van der Waals surface area contributed by atoms with Crippen LogP contribution < -0.4 is 11.3 Å². The number of aliphatic carboxylic acids is 7. The van der Waals surface area contributed by atoms with Gasteiger partial charge in [0.05, 0.1) is 19.3 Å². The second-order valence-electron chi connectivity index (χ2n) is 6.32. The number of aliphatic hydroxyl groups excluding tert-OH is 5. The Morgan fingerprint density at radius 2 is 0.659 bits per heavy atom. The van der Waals surface area contributed by atoms with E-state index in [9.17, 15) is 5.11 Å². The molecule has 0 saturated carbocycles. The van der Waals surface area contributed by atoms with Crippen LogP contribution in [0.3, 0.4) is 0 Å². The normalized spacial score (nSPS) is 10.9. The molecule has 0 aromatic carbocycles. The summed E-state index contributed by atoms with van der Waals surface area (Å²) in [6.07, 6.45) is -4.47. The van der Waals surface area contributed by atoms with E-state index in [2.05, 4.69) is 5.43 Å². The Kier molecular flexibility index (Phi) is 59.9. The van der Waals surface area contributed by atoms with Gasteiger partial charge >= 0.3 is 0 Å². The fraction of sp³-hybridized carbons (Fsp3) is 0.650. The molecule has 41 heavy (non-hydrogen) atoms. The molecule has 248 valence electrons. The van der Waals surface area contributed by atoms with Gasteiger partial charge in [-0.1, -0.05) is 0 Å². The standard InChI is InChI=1S/C6H16N2O5.7C2H4O2/c7-8-3(1-9)5(12)6(13)4(11)2-10;7*1-2(3)4/h3-6,8-13H,1-2,7H2;7*1H3,(H,3,4)/t3-,4+,5+,6+;;;;;;;/m0......./s1. The first-order valence-corrected chi connectivity index (χ1v) is 10.3. The van der Waals surface area contributed by atoms with Crippen molar-refractivity contribution in [1.29, 1.82) is 0 Å². The minimum atomic E-state index is -1.56. The van der Waals surface area contributed by atoms with E-state index >= 15 is 0 Å². The van der Waals surface area contributed by atoms with Gasteiger partial charge in [0.1, 0.15) is 18.3 Å². The average molecular weight is 617 g/mol. The number of nitrogens with two attached hydrogens (primary N) is 1. The van der Waals surface area contributed by atoms with Crippen LogP contribution >= 0.6 is 0 Å². The van der Waals surface area contributed by atoms with Crippen LogP contribution in [0.1, 0.15) is 48.5 Å². The summed E-state index contributed by atoms with van der Waals surface area (Å²) in [6, 6.07) is -0.948. The second-order valence-corrected chi connectivity index (χ2v) is 6.32. The number of rotatable bonds is 6. The SMILES string of the molecule is CC(=O)O.CC(=O)O.CC(=O)O.CC(=O)O.CC(=O)O.CC(=O)O.CC(=O)O.NN[C@@H](CO)[C@@H](O)[C@H](O)[C@H](O)CO. The lowest BCUT2D eigenvalue weighted by Crippen LogP contribution is -2.54. The predicted octanol–water partition coefficient (Wildman–Crippen LogP) is -3.48. The quantitative estimate of drug-likeness (QED) is 0.102. The zero-order valence-corrected chi connectivity index (χ0v) is 23.5. The molecule has 4 atom stereocenters. The van der Waals surface area contributed by atoms with E-state index in [4.69, 9.17) is 95.6 Å². The smallest absolute Gasteiger partial charge is 0.300 e. The first-order valence-electron chi connectivity index (χ1n) is 10.3. The summed E-state index contributed by atoms with van der Waals surface area (Å²) in [7, 11) is 0. The van der Waals surface area contributed by atoms with Crippen molar-refractivity contribution in [2.45, 2.75) is 72.8 Å². The Bertz CT molecular complexity index is 538. The van der Waals surface area contributed by atoms with E-state index in [1.54, 1.807) is 0 Å². The third-order valence-electron chi connectivity index (χ3n) is 1.75. The molecule has 0 heterocycles. The number of hydrazine groups is 1. The minimum absolute atomic E-state index is 0.493. The summed E-state index contributed by atoms with van der Waals surface area (Å²) in [4.78, 5) is 63.0. The summed E-state index contributed by atoms with van der Waals surface area (Å²) >= 11 is 0. The summed E-state index contributed by atoms with van der Waals surface area (Å²) < 4.78 is 0. The van der Waals surface area contributed by atoms with Crippen LogP contribution in [0.4, 0.5) is 0 Å². The van der Waals surface area contributed by atoms with E-state index in [-0.39, 0.29) is 0 Å². The highest BCUT2D eigenvalue weighted by atomic mass is 16.4. The van der Waals surface area contributed by atoms with Gasteiger partial charge in [0.2, 0.25) is 0 Å². The van der Waals surface area contributed by atoms with Gasteiger partial charge in [-0.2, -0.15) is 0 Å². The van der Waals surface area contributed by atoms with Crippen molar-refractivity contribution < 1.29 is 94.8 Å². The first-order chi connectivity index (χ1) is 18.2. The number of carbonyl (C=O) groups is 7. The molecule has 0 bridgehead atoms. The first kappa shape index (κ1) is 57.0. The van der Waals surface area contributed by atoms with Crippen molar-refractivity contribution in [3.8, 4) is 0 Å². The average Bonchev–Trinajstić information content (AvgIpc) is 2.70. The van der Waals surface area contributed by atoms with Crippen LogP contribution in [-0.2, 0) is 33.6 Å². The highest BCUT2D eigenvalue weighted by Crippen LogP contribution is 2.03. The van der Waals surface area contributed by atoms with Crippen LogP contribution in [0.25, 0.3) is 0 Å². The molecule has 21 nitrogen and oxygen atoms in total. The van der Waals surface area contributed by atoms with E-state index < -0.39 is 79.4 Å². The Hall–Kier alpha value is -3.99. The molecule has 0 amide bonds. The Labute approximate surface area is 234 Å². The van der Waals surface area contributed by atoms with Crippen molar-refractivity contribution in [3.05, 3.63) is 0 Å². The zero-order chi connectivity index (χ0) is 35.5. The molecule has 0 fully saturated rings. The minimum Gasteiger partial charge on any atom is -0.481 e. The van der Waals surface area contributed by atoms with Crippen molar-refractivity contribution in [2.75, 3.05) is 13.2 Å². The molecular formula is C20H44N2O19. The van der Waals surface area contributed by atoms with Crippen molar-refractivity contribution in [2.24, 2.45) is 5.84 Å². The summed E-state index contributed by atoms with van der Waals surface area (Å²) in [6.45, 7) is 6.41. The number of hydrogen-bond acceptors (Lipinski definition) is 14. The number of carboxylic acid groups (broad SMARTS) is 7. The van der Waals surface area contributed by atoms with Crippen LogP contribution in [0.15, 0.2) is 0 Å². The Morgan fingerprint density at radius 1 is 0.488 bits per heavy atom. The molecule has 0 aromatic heterocycles. The Morgan fingerprint density at radius 3 is 0.756 bits per heavy atom.